The van der Waals surface area contributed by atoms with E-state index in [0.717, 1.165) is 25.7 Å². The van der Waals surface area contributed by atoms with Crippen LogP contribution in [0.1, 0.15) is 86.5 Å². The van der Waals surface area contributed by atoms with Gasteiger partial charge in [-0.15, -0.1) is 23.5 Å². The lowest BCUT2D eigenvalue weighted by atomic mass is 9.71. The molecule has 6 heteroatoms. The number of esters is 2. The summed E-state index contributed by atoms with van der Waals surface area (Å²) in [6, 6.07) is 0. The number of hydrogen-bond donors (Lipinski definition) is 0. The van der Waals surface area contributed by atoms with E-state index in [-0.39, 0.29) is 28.2 Å². The van der Waals surface area contributed by atoms with Crippen molar-refractivity contribution >= 4 is 35.5 Å². The van der Waals surface area contributed by atoms with E-state index in [1.165, 1.54) is 12.8 Å². The fourth-order valence-electron chi connectivity index (χ4n) is 6.72. The molecule has 0 amide bonds. The average Bonchev–Trinajstić information content (AvgIpc) is 2.73. The van der Waals surface area contributed by atoms with Crippen LogP contribution in [0.25, 0.3) is 0 Å². The smallest absolute Gasteiger partial charge is 0.312 e. The van der Waals surface area contributed by atoms with Gasteiger partial charge in [0.2, 0.25) is 0 Å². The van der Waals surface area contributed by atoms with Crippen LogP contribution in [0.3, 0.4) is 0 Å². The first kappa shape index (κ1) is 28.2. The Morgan fingerprint density at radius 1 is 0.765 bits per heavy atom. The molecule has 0 aliphatic heterocycles. The van der Waals surface area contributed by atoms with Gasteiger partial charge in [-0.1, -0.05) is 54.4 Å². The first-order valence-electron chi connectivity index (χ1n) is 13.5. The average molecular weight is 513 g/mol. The summed E-state index contributed by atoms with van der Waals surface area (Å²) in [5.74, 6) is 1.75. The van der Waals surface area contributed by atoms with Crippen LogP contribution in [0.2, 0.25) is 0 Å². The van der Waals surface area contributed by atoms with Crippen LogP contribution in [-0.4, -0.2) is 40.7 Å². The van der Waals surface area contributed by atoms with Gasteiger partial charge in [0, 0.05) is 0 Å². The summed E-state index contributed by atoms with van der Waals surface area (Å²) in [5.41, 5.74) is 0. The van der Waals surface area contributed by atoms with E-state index in [2.05, 4.69) is 54.1 Å². The van der Waals surface area contributed by atoms with E-state index in [1.54, 1.807) is 23.5 Å². The predicted octanol–water partition coefficient (Wildman–Crippen LogP) is 7.05. The Hall–Kier alpha value is -0.360. The Bertz CT molecular complexity index is 705. The molecule has 0 radical (unpaired) electrons. The zero-order valence-electron chi connectivity index (χ0n) is 22.7. The molecule has 0 saturated heterocycles. The molecule has 3 fully saturated rings. The molecule has 0 N–H and O–H groups in total. The van der Waals surface area contributed by atoms with Crippen molar-refractivity contribution in [1.29, 1.82) is 0 Å². The van der Waals surface area contributed by atoms with Gasteiger partial charge in [-0.25, -0.2) is 0 Å². The molecule has 0 aromatic carbocycles. The molecule has 3 aliphatic carbocycles. The molecule has 196 valence electrons. The van der Waals surface area contributed by atoms with Gasteiger partial charge in [0.05, 0.1) is 15.9 Å². The summed E-state index contributed by atoms with van der Waals surface area (Å²) >= 11 is 3.39. The highest BCUT2D eigenvalue weighted by molar-refractivity contribution is 8.17. The van der Waals surface area contributed by atoms with Crippen molar-refractivity contribution < 1.29 is 19.1 Å². The summed E-state index contributed by atoms with van der Waals surface area (Å²) in [7, 11) is 0. The van der Waals surface area contributed by atoms with Crippen molar-refractivity contribution in [1.82, 2.24) is 0 Å². The Balaban J connectivity index is 1.74. The molecule has 3 saturated carbocycles. The summed E-state index contributed by atoms with van der Waals surface area (Å²) < 4.78 is 12.2. The fourth-order valence-corrected chi connectivity index (χ4v) is 9.11. The maximum Gasteiger partial charge on any atom is 0.312 e. The zero-order chi connectivity index (χ0) is 25.2. The van der Waals surface area contributed by atoms with Crippen molar-refractivity contribution in [3.05, 3.63) is 0 Å². The number of carbonyl (C=O) groups excluding carboxylic acids is 2. The van der Waals surface area contributed by atoms with Crippen LogP contribution in [0.4, 0.5) is 0 Å². The van der Waals surface area contributed by atoms with Crippen LogP contribution < -0.4 is 0 Å². The van der Waals surface area contributed by atoms with Gasteiger partial charge in [0.1, 0.15) is 12.2 Å². The highest BCUT2D eigenvalue weighted by atomic mass is 32.2. The number of carbonyl (C=O) groups is 2. The molecule has 0 aromatic heterocycles. The molecule has 0 spiro atoms. The Morgan fingerprint density at radius 2 is 1.21 bits per heavy atom. The van der Waals surface area contributed by atoms with Gasteiger partial charge in [0.15, 0.2) is 0 Å². The van der Waals surface area contributed by atoms with Gasteiger partial charge in [-0.2, -0.15) is 0 Å². The molecule has 34 heavy (non-hydrogen) atoms. The molecular weight excluding hydrogens is 464 g/mol. The van der Waals surface area contributed by atoms with E-state index >= 15 is 0 Å². The standard InChI is InChI=1S/C28H48O4S2/c1-16(2)20-11-9-18(5)13-23(20)31-26(29)22-15-28(33-7,34-8)25(22)27(30)32-24-14-19(6)10-12-21(24)17(3)4/h16-25H,9-15H2,1-8H3/t18-,19-,20+,21+,22+,23-,24-,25+/m1/s1. The van der Waals surface area contributed by atoms with Gasteiger partial charge in [-0.05, 0) is 80.1 Å². The maximum absolute atomic E-state index is 13.7. The lowest BCUT2D eigenvalue weighted by molar-refractivity contribution is -0.180. The first-order chi connectivity index (χ1) is 16.0. The second-order valence-corrected chi connectivity index (χ2v) is 14.6. The number of hydrogen-bond acceptors (Lipinski definition) is 6. The van der Waals surface area contributed by atoms with Crippen LogP contribution in [0, 0.1) is 47.3 Å². The summed E-state index contributed by atoms with van der Waals surface area (Å²) in [4.78, 5) is 27.1. The van der Waals surface area contributed by atoms with Crippen molar-refractivity contribution in [2.45, 2.75) is 103 Å². The lowest BCUT2D eigenvalue weighted by Crippen LogP contribution is -2.58. The molecule has 0 aromatic rings. The second kappa shape index (κ2) is 11.8. The minimum Gasteiger partial charge on any atom is -0.462 e. The Kier molecular flexibility index (Phi) is 9.79. The number of thioether (sulfide) groups is 2. The highest BCUT2D eigenvalue weighted by Gasteiger charge is 2.62. The van der Waals surface area contributed by atoms with E-state index in [4.69, 9.17) is 9.47 Å². The minimum absolute atomic E-state index is 0.0315. The zero-order valence-corrected chi connectivity index (χ0v) is 24.3. The summed E-state index contributed by atoms with van der Waals surface area (Å²) in [6.45, 7) is 13.4. The van der Waals surface area contributed by atoms with Crippen LogP contribution in [0.5, 0.6) is 0 Å². The Morgan fingerprint density at radius 3 is 1.62 bits per heavy atom. The molecule has 0 bridgehead atoms. The van der Waals surface area contributed by atoms with E-state index in [9.17, 15) is 9.59 Å². The second-order valence-electron chi connectivity index (χ2n) is 12.1. The SMILES string of the molecule is CSC1(SC)C[C@H](C(=O)O[C@@H]2C[C@H](C)CC[C@H]2C(C)C)[C@H]1C(=O)O[C@@H]1C[C@H](C)CC[C@H]1C(C)C. The van der Waals surface area contributed by atoms with Crippen molar-refractivity contribution in [2.75, 3.05) is 12.5 Å². The molecule has 3 rings (SSSR count). The molecule has 0 heterocycles. The largest absolute Gasteiger partial charge is 0.462 e. The lowest BCUT2D eigenvalue weighted by Gasteiger charge is -2.51. The topological polar surface area (TPSA) is 52.6 Å². The monoisotopic (exact) mass is 512 g/mol. The van der Waals surface area contributed by atoms with E-state index < -0.39 is 11.8 Å². The van der Waals surface area contributed by atoms with E-state index in [1.807, 2.05) is 0 Å². The third-order valence-corrected chi connectivity index (χ3v) is 12.3. The molecule has 3 aliphatic rings. The van der Waals surface area contributed by atoms with Gasteiger partial charge < -0.3 is 9.47 Å². The molecule has 8 atom stereocenters. The maximum atomic E-state index is 13.7. The molecule has 4 nitrogen and oxygen atoms in total. The summed E-state index contributed by atoms with van der Waals surface area (Å²) in [5, 5.41) is 0. The van der Waals surface area contributed by atoms with Crippen molar-refractivity contribution in [2.24, 2.45) is 47.3 Å². The number of rotatable bonds is 8. The third-order valence-electron chi connectivity index (χ3n) is 9.09. The van der Waals surface area contributed by atoms with Gasteiger partial charge in [-0.3, -0.25) is 9.59 Å². The Labute approximate surface area is 216 Å². The van der Waals surface area contributed by atoms with Gasteiger partial charge in [0.25, 0.3) is 0 Å². The first-order valence-corrected chi connectivity index (χ1v) is 16.0. The van der Waals surface area contributed by atoms with E-state index in [0.29, 0.717) is 41.9 Å². The number of ether oxygens (including phenoxy) is 2. The van der Waals surface area contributed by atoms with Crippen molar-refractivity contribution in [3.63, 3.8) is 0 Å². The predicted molar refractivity (Wildman–Crippen MR) is 144 cm³/mol. The third kappa shape index (κ3) is 5.95. The van der Waals surface area contributed by atoms with Crippen LogP contribution >= 0.6 is 23.5 Å². The van der Waals surface area contributed by atoms with Crippen LogP contribution in [-0.2, 0) is 19.1 Å². The molecule has 0 unspecified atom stereocenters. The van der Waals surface area contributed by atoms with Crippen molar-refractivity contribution in [3.8, 4) is 0 Å². The van der Waals surface area contributed by atoms with Gasteiger partial charge >= 0.3 is 11.9 Å². The summed E-state index contributed by atoms with van der Waals surface area (Å²) in [6.07, 6.45) is 11.2. The molecular formula is C28H48O4S2. The fraction of sp³-hybridized carbons (Fsp3) is 0.929. The highest BCUT2D eigenvalue weighted by Crippen LogP contribution is 2.59. The quantitative estimate of drug-likeness (QED) is 0.256. The minimum atomic E-state index is -0.437. The van der Waals surface area contributed by atoms with Crippen LogP contribution in [0.15, 0.2) is 0 Å². The normalized spacial score (nSPS) is 37.8.